The van der Waals surface area contributed by atoms with Gasteiger partial charge in [0.1, 0.15) is 0 Å². The Hall–Kier alpha value is -0.286. The van der Waals surface area contributed by atoms with Crippen LogP contribution in [0.25, 0.3) is 0 Å². The van der Waals surface area contributed by atoms with Crippen molar-refractivity contribution in [2.24, 2.45) is 0 Å². The molecule has 0 heterocycles. The molecule has 27 heavy (non-hydrogen) atoms. The van der Waals surface area contributed by atoms with E-state index in [0.29, 0.717) is 30.8 Å². The number of halogens is 1. The molecule has 0 aromatic rings. The zero-order valence-electron chi connectivity index (χ0n) is 18.2. The van der Waals surface area contributed by atoms with Gasteiger partial charge in [0.25, 0.3) is 0 Å². The van der Waals surface area contributed by atoms with E-state index in [0.717, 1.165) is 24.9 Å². The highest BCUT2D eigenvalue weighted by atomic mass is 28.4. The maximum Gasteiger partial charge on any atom is 0.499 e. The third-order valence-corrected chi connectivity index (χ3v) is 14.0. The molecule has 0 saturated heterocycles. The van der Waals surface area contributed by atoms with Gasteiger partial charge in [-0.1, -0.05) is 32.0 Å². The second-order valence-electron chi connectivity index (χ2n) is 8.45. The molecule has 0 aliphatic heterocycles. The van der Waals surface area contributed by atoms with Crippen LogP contribution in [0.4, 0.5) is 4.39 Å². The van der Waals surface area contributed by atoms with Gasteiger partial charge in [-0.25, -0.2) is 0 Å². The molecule has 1 saturated carbocycles. The molecular weight excluding hydrogens is 381 g/mol. The number of rotatable bonds is 12. The minimum absolute atomic E-state index is 0.165. The predicted molar refractivity (Wildman–Crippen MR) is 112 cm³/mol. The number of carbonyl (C=O) groups is 1. The Kier molecular flexibility index (Phi) is 10.7. The first-order chi connectivity index (χ1) is 12.7. The van der Waals surface area contributed by atoms with Crippen LogP contribution in [0.1, 0.15) is 44.9 Å². The SMILES string of the molecule is CO[Si](CC[Si](C)(C)C1CCCC(N(C)C(=O)CCCCF)C1)(OC)OC. The Morgan fingerprint density at radius 1 is 1.07 bits per heavy atom. The normalized spacial score (nSPS) is 21.3. The third-order valence-electron chi connectivity index (χ3n) is 6.48. The van der Waals surface area contributed by atoms with E-state index in [1.807, 2.05) is 11.9 Å². The molecule has 1 fully saturated rings. The Morgan fingerprint density at radius 2 is 1.70 bits per heavy atom. The van der Waals surface area contributed by atoms with Crippen molar-refractivity contribution in [2.45, 2.75) is 81.7 Å². The summed E-state index contributed by atoms with van der Waals surface area (Å²) in [6, 6.07) is 2.29. The van der Waals surface area contributed by atoms with Crippen molar-refractivity contribution in [2.75, 3.05) is 35.1 Å². The highest BCUT2D eigenvalue weighted by molar-refractivity contribution is 6.80. The Morgan fingerprint density at radius 3 is 2.26 bits per heavy atom. The lowest BCUT2D eigenvalue weighted by Crippen LogP contribution is -2.47. The minimum atomic E-state index is -2.53. The largest absolute Gasteiger partial charge is 0.499 e. The van der Waals surface area contributed by atoms with Crippen molar-refractivity contribution in [1.82, 2.24) is 4.90 Å². The van der Waals surface area contributed by atoms with E-state index in [1.54, 1.807) is 21.3 Å². The molecule has 0 aromatic carbocycles. The van der Waals surface area contributed by atoms with Crippen molar-refractivity contribution in [3.8, 4) is 0 Å². The molecule has 0 spiro atoms. The summed E-state index contributed by atoms with van der Waals surface area (Å²) >= 11 is 0. The van der Waals surface area contributed by atoms with Gasteiger partial charge < -0.3 is 18.2 Å². The van der Waals surface area contributed by atoms with Crippen molar-refractivity contribution < 1.29 is 22.5 Å². The van der Waals surface area contributed by atoms with Gasteiger partial charge in [0.2, 0.25) is 5.91 Å². The molecule has 0 N–H and O–H groups in total. The van der Waals surface area contributed by atoms with Gasteiger partial charge in [-0.2, -0.15) is 0 Å². The number of hydrogen-bond acceptors (Lipinski definition) is 4. The minimum Gasteiger partial charge on any atom is -0.377 e. The number of alkyl halides is 1. The summed E-state index contributed by atoms with van der Waals surface area (Å²) in [5.41, 5.74) is 0.689. The van der Waals surface area contributed by atoms with Gasteiger partial charge in [-0.15, -0.1) is 0 Å². The molecule has 160 valence electrons. The molecule has 1 aliphatic rings. The molecule has 5 nitrogen and oxygen atoms in total. The molecular formula is C19H40FNO4Si2. The fraction of sp³-hybridized carbons (Fsp3) is 0.947. The van der Waals surface area contributed by atoms with Crippen molar-refractivity contribution in [3.05, 3.63) is 0 Å². The summed E-state index contributed by atoms with van der Waals surface area (Å²) in [6.45, 7) is 4.56. The fourth-order valence-corrected chi connectivity index (χ4v) is 11.4. The molecule has 2 atom stereocenters. The fourth-order valence-electron chi connectivity index (χ4n) is 4.21. The van der Waals surface area contributed by atoms with E-state index in [1.165, 1.54) is 12.8 Å². The van der Waals surface area contributed by atoms with Crippen LogP contribution in [-0.4, -0.2) is 68.8 Å². The Bertz CT molecular complexity index is 441. The third kappa shape index (κ3) is 7.23. The van der Waals surface area contributed by atoms with Crippen molar-refractivity contribution in [1.29, 1.82) is 0 Å². The van der Waals surface area contributed by atoms with Crippen LogP contribution < -0.4 is 0 Å². The van der Waals surface area contributed by atoms with E-state index in [2.05, 4.69) is 13.1 Å². The molecule has 1 amide bonds. The van der Waals surface area contributed by atoms with E-state index in [9.17, 15) is 9.18 Å². The van der Waals surface area contributed by atoms with Gasteiger partial charge in [-0.05, 0) is 31.2 Å². The van der Waals surface area contributed by atoms with Gasteiger partial charge in [0.05, 0.1) is 14.7 Å². The second kappa shape index (κ2) is 11.7. The van der Waals surface area contributed by atoms with Crippen LogP contribution in [0.2, 0.25) is 30.7 Å². The first-order valence-corrected chi connectivity index (χ1v) is 15.4. The van der Waals surface area contributed by atoms with E-state index >= 15 is 0 Å². The summed E-state index contributed by atoms with van der Waals surface area (Å²) in [6.07, 6.45) is 6.19. The lowest BCUT2D eigenvalue weighted by atomic mass is 9.93. The summed E-state index contributed by atoms with van der Waals surface area (Å²) in [5.74, 6) is 0.165. The summed E-state index contributed by atoms with van der Waals surface area (Å²) in [5, 5.41) is 0. The monoisotopic (exact) mass is 421 g/mol. The van der Waals surface area contributed by atoms with Gasteiger partial charge in [0, 0.05) is 46.9 Å². The molecule has 0 radical (unpaired) electrons. The maximum atomic E-state index is 12.4. The molecule has 0 bridgehead atoms. The zero-order chi connectivity index (χ0) is 20.5. The number of unbranched alkanes of at least 4 members (excludes halogenated alkanes) is 1. The lowest BCUT2D eigenvalue weighted by molar-refractivity contribution is -0.132. The predicted octanol–water partition coefficient (Wildman–Crippen LogP) is 4.48. The lowest BCUT2D eigenvalue weighted by Gasteiger charge is -2.42. The molecule has 8 heteroatoms. The number of amides is 1. The zero-order valence-corrected chi connectivity index (χ0v) is 20.2. The number of carbonyl (C=O) groups excluding carboxylic acids is 1. The first kappa shape index (κ1) is 24.8. The number of nitrogens with zero attached hydrogens (tertiary/aromatic N) is 1. The number of hydrogen-bond donors (Lipinski definition) is 0. The van der Waals surface area contributed by atoms with Crippen LogP contribution in [0.15, 0.2) is 0 Å². The quantitative estimate of drug-likeness (QED) is 0.344. The van der Waals surface area contributed by atoms with Crippen LogP contribution in [0.5, 0.6) is 0 Å². The maximum absolute atomic E-state index is 12.4. The van der Waals surface area contributed by atoms with Gasteiger partial charge in [-0.3, -0.25) is 9.18 Å². The molecule has 0 aromatic heterocycles. The average Bonchev–Trinajstić information content (AvgIpc) is 2.69. The second-order valence-corrected chi connectivity index (χ2v) is 16.8. The van der Waals surface area contributed by atoms with Crippen LogP contribution >= 0.6 is 0 Å². The molecule has 2 unspecified atom stereocenters. The molecule has 1 rings (SSSR count). The Balaban J connectivity index is 2.64. The highest BCUT2D eigenvalue weighted by Gasteiger charge is 2.43. The summed E-state index contributed by atoms with van der Waals surface area (Å²) in [4.78, 5) is 14.4. The first-order valence-electron chi connectivity index (χ1n) is 10.2. The van der Waals surface area contributed by atoms with E-state index < -0.39 is 16.9 Å². The van der Waals surface area contributed by atoms with Crippen molar-refractivity contribution >= 4 is 22.8 Å². The van der Waals surface area contributed by atoms with Crippen molar-refractivity contribution in [3.63, 3.8) is 0 Å². The van der Waals surface area contributed by atoms with Gasteiger partial charge >= 0.3 is 8.80 Å². The smallest absolute Gasteiger partial charge is 0.377 e. The topological polar surface area (TPSA) is 48.0 Å². The summed E-state index contributed by atoms with van der Waals surface area (Å²) in [7, 11) is 2.92. The van der Waals surface area contributed by atoms with Crippen LogP contribution in [0, 0.1) is 0 Å². The Labute approximate surface area is 167 Å². The van der Waals surface area contributed by atoms with Crippen LogP contribution in [0.3, 0.4) is 0 Å². The van der Waals surface area contributed by atoms with E-state index in [-0.39, 0.29) is 12.6 Å². The standard InChI is InChI=1S/C19H40FNO4Si2/c1-21(19(22)12-7-8-13-20)17-10-9-11-18(16-17)26(5,6)14-15-27(23-2,24-3)25-4/h17-18H,7-16H2,1-6H3. The van der Waals surface area contributed by atoms with Crippen LogP contribution in [-0.2, 0) is 18.1 Å². The van der Waals surface area contributed by atoms with E-state index in [4.69, 9.17) is 13.3 Å². The molecule has 1 aliphatic carbocycles. The highest BCUT2D eigenvalue weighted by Crippen LogP contribution is 2.42. The van der Waals surface area contributed by atoms with Gasteiger partial charge in [0.15, 0.2) is 0 Å². The summed E-state index contributed by atoms with van der Waals surface area (Å²) < 4.78 is 29.1. The average molecular weight is 422 g/mol.